The largest absolute Gasteiger partial charge is 0.497 e. The zero-order valence-electron chi connectivity index (χ0n) is 15.8. The molecule has 2 heterocycles. The molecule has 8 nitrogen and oxygen atoms in total. The fourth-order valence-electron chi connectivity index (χ4n) is 3.09. The van der Waals surface area contributed by atoms with E-state index in [2.05, 4.69) is 4.98 Å². The Morgan fingerprint density at radius 1 is 1.04 bits per heavy atom. The van der Waals surface area contributed by atoms with Crippen LogP contribution < -0.4 is 16.0 Å². The van der Waals surface area contributed by atoms with Crippen LogP contribution in [0.15, 0.2) is 40.2 Å². The van der Waals surface area contributed by atoms with Gasteiger partial charge in [-0.3, -0.25) is 13.9 Å². The average Bonchev–Trinajstić information content (AvgIpc) is 3.09. The molecule has 2 aromatic heterocycles. The van der Waals surface area contributed by atoms with Crippen LogP contribution in [-0.2, 0) is 24.4 Å². The van der Waals surface area contributed by atoms with E-state index in [4.69, 9.17) is 9.47 Å². The predicted octanol–water partition coefficient (Wildman–Crippen LogP) is 1.47. The van der Waals surface area contributed by atoms with Gasteiger partial charge in [0, 0.05) is 20.2 Å². The molecule has 0 saturated carbocycles. The van der Waals surface area contributed by atoms with E-state index in [1.54, 1.807) is 29.7 Å². The Labute approximate surface area is 156 Å². The second-order valence-corrected chi connectivity index (χ2v) is 6.28. The molecular weight excluding hydrogens is 348 g/mol. The number of methoxy groups -OCH3 is 2. The van der Waals surface area contributed by atoms with Crippen molar-refractivity contribution in [2.45, 2.75) is 33.0 Å². The van der Waals surface area contributed by atoms with Crippen LogP contribution in [0.2, 0.25) is 0 Å². The number of imidazole rings is 1. The molecule has 0 unspecified atom stereocenters. The van der Waals surface area contributed by atoms with Crippen LogP contribution in [0.4, 0.5) is 0 Å². The van der Waals surface area contributed by atoms with E-state index in [9.17, 15) is 9.59 Å². The predicted molar refractivity (Wildman–Crippen MR) is 103 cm³/mol. The number of fused-ring (bicyclic) bond motifs is 1. The first kappa shape index (κ1) is 18.9. The molecule has 144 valence electrons. The molecular formula is C19H24N4O4. The van der Waals surface area contributed by atoms with E-state index in [1.165, 1.54) is 4.57 Å². The van der Waals surface area contributed by atoms with E-state index in [0.717, 1.165) is 17.7 Å². The minimum atomic E-state index is -0.346. The van der Waals surface area contributed by atoms with Crippen molar-refractivity contribution in [2.75, 3.05) is 20.8 Å². The number of benzene rings is 1. The summed E-state index contributed by atoms with van der Waals surface area (Å²) in [4.78, 5) is 30.1. The second kappa shape index (κ2) is 8.22. The third-order valence-electron chi connectivity index (χ3n) is 4.46. The number of aromatic nitrogens is 4. The third kappa shape index (κ3) is 3.66. The molecule has 0 fully saturated rings. The van der Waals surface area contributed by atoms with Gasteiger partial charge in [0.15, 0.2) is 11.2 Å². The molecule has 3 aromatic rings. The van der Waals surface area contributed by atoms with Crippen LogP contribution in [-0.4, -0.2) is 39.5 Å². The van der Waals surface area contributed by atoms with Gasteiger partial charge >= 0.3 is 5.69 Å². The topological polar surface area (TPSA) is 80.3 Å². The lowest BCUT2D eigenvalue weighted by Gasteiger charge is -2.12. The van der Waals surface area contributed by atoms with E-state index in [1.807, 2.05) is 31.2 Å². The lowest BCUT2D eigenvalue weighted by atomic mass is 10.2. The minimum Gasteiger partial charge on any atom is -0.497 e. The highest BCUT2D eigenvalue weighted by molar-refractivity contribution is 5.70. The number of rotatable bonds is 8. The molecule has 0 radical (unpaired) electrons. The maximum absolute atomic E-state index is 13.0. The van der Waals surface area contributed by atoms with Crippen molar-refractivity contribution < 1.29 is 9.47 Å². The van der Waals surface area contributed by atoms with Gasteiger partial charge in [-0.15, -0.1) is 0 Å². The first-order valence-corrected chi connectivity index (χ1v) is 8.91. The summed E-state index contributed by atoms with van der Waals surface area (Å²) in [5, 5.41) is 0. The number of ether oxygens (including phenoxy) is 2. The van der Waals surface area contributed by atoms with Gasteiger partial charge in [0.1, 0.15) is 5.75 Å². The summed E-state index contributed by atoms with van der Waals surface area (Å²) in [6.07, 6.45) is 2.38. The van der Waals surface area contributed by atoms with Gasteiger partial charge < -0.3 is 14.0 Å². The van der Waals surface area contributed by atoms with Crippen molar-refractivity contribution in [1.82, 2.24) is 18.7 Å². The summed E-state index contributed by atoms with van der Waals surface area (Å²) < 4.78 is 14.8. The smallest absolute Gasteiger partial charge is 0.332 e. The Balaban J connectivity index is 2.12. The maximum Gasteiger partial charge on any atom is 0.332 e. The van der Waals surface area contributed by atoms with Crippen LogP contribution in [0.3, 0.4) is 0 Å². The molecule has 27 heavy (non-hydrogen) atoms. The monoisotopic (exact) mass is 372 g/mol. The van der Waals surface area contributed by atoms with Gasteiger partial charge in [0.2, 0.25) is 0 Å². The average molecular weight is 372 g/mol. The molecule has 0 amide bonds. The fourth-order valence-corrected chi connectivity index (χ4v) is 3.09. The Kier molecular flexibility index (Phi) is 5.75. The van der Waals surface area contributed by atoms with Gasteiger partial charge in [-0.25, -0.2) is 9.78 Å². The third-order valence-corrected chi connectivity index (χ3v) is 4.46. The Bertz CT molecular complexity index is 1030. The Morgan fingerprint density at radius 2 is 1.78 bits per heavy atom. The highest BCUT2D eigenvalue weighted by Crippen LogP contribution is 2.14. The molecule has 0 aliphatic rings. The first-order chi connectivity index (χ1) is 13.1. The first-order valence-electron chi connectivity index (χ1n) is 8.91. The molecule has 0 aliphatic heterocycles. The number of hydrogen-bond donors (Lipinski definition) is 0. The molecule has 8 heteroatoms. The van der Waals surface area contributed by atoms with Crippen molar-refractivity contribution in [3.05, 3.63) is 57.0 Å². The molecule has 0 spiro atoms. The van der Waals surface area contributed by atoms with Crippen molar-refractivity contribution in [2.24, 2.45) is 0 Å². The quantitative estimate of drug-likeness (QED) is 0.598. The summed E-state index contributed by atoms with van der Waals surface area (Å²) in [6.45, 7) is 3.46. The molecule has 0 N–H and O–H groups in total. The van der Waals surface area contributed by atoms with Crippen molar-refractivity contribution in [1.29, 1.82) is 0 Å². The molecule has 0 atom stereocenters. The van der Waals surface area contributed by atoms with Crippen LogP contribution in [0.1, 0.15) is 18.9 Å². The Morgan fingerprint density at radius 3 is 2.41 bits per heavy atom. The minimum absolute atomic E-state index is 0.210. The van der Waals surface area contributed by atoms with Gasteiger partial charge in [0.25, 0.3) is 5.56 Å². The summed E-state index contributed by atoms with van der Waals surface area (Å²) in [6, 6.07) is 7.63. The lowest BCUT2D eigenvalue weighted by Crippen LogP contribution is -2.41. The number of nitrogens with zero attached hydrogens (tertiary/aromatic N) is 4. The van der Waals surface area contributed by atoms with Crippen LogP contribution >= 0.6 is 0 Å². The molecule has 0 bridgehead atoms. The van der Waals surface area contributed by atoms with E-state index < -0.39 is 0 Å². The highest BCUT2D eigenvalue weighted by Gasteiger charge is 2.17. The zero-order valence-corrected chi connectivity index (χ0v) is 15.8. The molecule has 0 aliphatic carbocycles. The van der Waals surface area contributed by atoms with Gasteiger partial charge in [0.05, 0.1) is 26.6 Å². The van der Waals surface area contributed by atoms with Gasteiger partial charge in [-0.2, -0.15) is 0 Å². The summed E-state index contributed by atoms with van der Waals surface area (Å²) >= 11 is 0. The van der Waals surface area contributed by atoms with Crippen molar-refractivity contribution >= 4 is 11.2 Å². The molecule has 1 aromatic carbocycles. The zero-order chi connectivity index (χ0) is 19.4. The van der Waals surface area contributed by atoms with Crippen molar-refractivity contribution in [3.8, 4) is 5.75 Å². The lowest BCUT2D eigenvalue weighted by molar-refractivity contribution is 0.184. The van der Waals surface area contributed by atoms with E-state index in [0.29, 0.717) is 30.9 Å². The highest BCUT2D eigenvalue weighted by atomic mass is 16.5. The molecule has 3 rings (SSSR count). The fraction of sp³-hybridized carbons (Fsp3) is 0.421. The summed E-state index contributed by atoms with van der Waals surface area (Å²) in [5.74, 6) is 0.771. The maximum atomic E-state index is 13.0. The summed E-state index contributed by atoms with van der Waals surface area (Å²) in [5.41, 5.74) is 1.17. The second-order valence-electron chi connectivity index (χ2n) is 6.28. The van der Waals surface area contributed by atoms with Gasteiger partial charge in [-0.1, -0.05) is 19.1 Å². The normalized spacial score (nSPS) is 11.2. The van der Waals surface area contributed by atoms with Gasteiger partial charge in [-0.05, 0) is 24.1 Å². The SMILES string of the molecule is CCCn1c(=O)n(CCOC)c(=O)c2c1ncn2Cc1ccc(OC)cc1. The van der Waals surface area contributed by atoms with E-state index >= 15 is 0 Å². The van der Waals surface area contributed by atoms with Crippen molar-refractivity contribution in [3.63, 3.8) is 0 Å². The van der Waals surface area contributed by atoms with Crippen LogP contribution in [0.5, 0.6) is 5.75 Å². The van der Waals surface area contributed by atoms with Crippen LogP contribution in [0, 0.1) is 0 Å². The standard InChI is InChI=1S/C19H24N4O4/c1-4-9-22-17-16(18(24)23(19(22)25)10-11-26-2)21(13-20-17)12-14-5-7-15(27-3)8-6-14/h5-8,13H,4,9-12H2,1-3H3. The summed E-state index contributed by atoms with van der Waals surface area (Å²) in [7, 11) is 3.16. The number of aryl methyl sites for hydroxylation is 1. The Hall–Kier alpha value is -2.87. The van der Waals surface area contributed by atoms with Crippen LogP contribution in [0.25, 0.3) is 11.2 Å². The number of hydrogen-bond acceptors (Lipinski definition) is 5. The molecule has 0 saturated heterocycles. The van der Waals surface area contributed by atoms with E-state index in [-0.39, 0.29) is 17.8 Å².